The number of carbonyl (C=O) groups excluding carboxylic acids is 4. The summed E-state index contributed by atoms with van der Waals surface area (Å²) < 4.78 is 11.9. The number of likely N-dealkylation sites (N-methyl/N-ethyl adjacent to an activating group) is 2. The molecular weight excluding hydrogens is 729 g/mol. The van der Waals surface area contributed by atoms with E-state index >= 15 is 0 Å². The molecule has 1 aliphatic heterocycles. The zero-order valence-corrected chi connectivity index (χ0v) is 36.5. The number of likely N-dealkylation sites (tertiary alicyclic amines) is 1. The smallest absolute Gasteiger partial charge is 0.326 e. The fourth-order valence-corrected chi connectivity index (χ4v) is 8.29. The molecule has 1 heterocycles. The first kappa shape index (κ1) is 49.6. The van der Waals surface area contributed by atoms with Crippen LogP contribution in [-0.4, -0.2) is 140 Å². The van der Waals surface area contributed by atoms with Crippen molar-refractivity contribution in [3.05, 3.63) is 35.9 Å². The van der Waals surface area contributed by atoms with Gasteiger partial charge in [0, 0.05) is 34.2 Å². The first-order valence-corrected chi connectivity index (χ1v) is 20.8. The van der Waals surface area contributed by atoms with Gasteiger partial charge in [0.05, 0.1) is 42.7 Å². The fourth-order valence-electron chi connectivity index (χ4n) is 8.29. The quantitative estimate of drug-likeness (QED) is 0.107. The molecule has 0 radical (unpaired) electrons. The summed E-state index contributed by atoms with van der Waals surface area (Å²) in [6, 6.07) is 5.83. The zero-order valence-electron chi connectivity index (χ0n) is 36.5. The average molecular weight is 803 g/mol. The van der Waals surface area contributed by atoms with Gasteiger partial charge in [-0.15, -0.1) is 0 Å². The van der Waals surface area contributed by atoms with Crippen LogP contribution in [0.5, 0.6) is 0 Å². The number of rotatable bonds is 25. The first-order chi connectivity index (χ1) is 26.9. The van der Waals surface area contributed by atoms with Crippen LogP contribution >= 0.6 is 0 Å². The number of carboxylic acid groups (broad SMARTS) is 1. The predicted molar refractivity (Wildman–Crippen MR) is 222 cm³/mol. The third kappa shape index (κ3) is 14.0. The van der Waals surface area contributed by atoms with Crippen molar-refractivity contribution in [1.29, 1.82) is 0 Å². The molecule has 324 valence electrons. The van der Waals surface area contributed by atoms with Crippen LogP contribution in [0.4, 0.5) is 0 Å². The molecule has 2 rings (SSSR count). The van der Waals surface area contributed by atoms with Crippen LogP contribution in [0.15, 0.2) is 30.3 Å². The molecule has 1 aliphatic rings. The Morgan fingerprint density at radius 2 is 1.58 bits per heavy atom. The number of benzene rings is 1. The highest BCUT2D eigenvalue weighted by atomic mass is 16.5. The molecule has 9 unspecified atom stereocenters. The number of methoxy groups -OCH3 is 2. The first-order valence-electron chi connectivity index (χ1n) is 20.8. The monoisotopic (exact) mass is 803 g/mol. The SMILES string of the molecule is CCC(C)C(C(CC(=O)N1CCCC1C(OC)C(C)C(=O)NC(Cc1ccccc1)C(=O)O)OC)N(C)C(=O)C(NC(=O)C(C(C)C)N(C)CCCCN)C(C)C. The van der Waals surface area contributed by atoms with Gasteiger partial charge in [-0.05, 0) is 69.1 Å². The van der Waals surface area contributed by atoms with E-state index < -0.39 is 60.2 Å². The molecule has 5 N–H and O–H groups in total. The average Bonchev–Trinajstić information content (AvgIpc) is 3.66. The highest BCUT2D eigenvalue weighted by Crippen LogP contribution is 2.30. The zero-order chi connectivity index (χ0) is 43.0. The van der Waals surface area contributed by atoms with Gasteiger partial charge in [-0.25, -0.2) is 4.79 Å². The van der Waals surface area contributed by atoms with Gasteiger partial charge in [0.25, 0.3) is 0 Å². The Labute approximate surface area is 341 Å². The number of ether oxygens (including phenoxy) is 2. The van der Waals surface area contributed by atoms with Gasteiger partial charge < -0.3 is 40.7 Å². The van der Waals surface area contributed by atoms with Crippen molar-refractivity contribution in [3.63, 3.8) is 0 Å². The molecule has 0 aliphatic carbocycles. The van der Waals surface area contributed by atoms with Gasteiger partial charge in [0.1, 0.15) is 12.1 Å². The third-order valence-electron chi connectivity index (χ3n) is 11.7. The molecule has 0 aromatic heterocycles. The van der Waals surface area contributed by atoms with E-state index in [2.05, 4.69) is 10.6 Å². The van der Waals surface area contributed by atoms with Gasteiger partial charge in [0.15, 0.2) is 0 Å². The van der Waals surface area contributed by atoms with Crippen molar-refractivity contribution < 1.29 is 38.6 Å². The normalized spacial score (nSPS) is 18.7. The molecular formula is C43H74N6O8. The third-order valence-corrected chi connectivity index (χ3v) is 11.7. The predicted octanol–water partition coefficient (Wildman–Crippen LogP) is 3.55. The van der Waals surface area contributed by atoms with E-state index in [1.165, 1.54) is 7.11 Å². The number of nitrogens with one attached hydrogen (secondary N) is 2. The molecule has 9 atom stereocenters. The van der Waals surface area contributed by atoms with Gasteiger partial charge in [-0.3, -0.25) is 24.1 Å². The van der Waals surface area contributed by atoms with Crippen molar-refractivity contribution in [2.24, 2.45) is 29.4 Å². The number of carboxylic acids is 1. The molecule has 14 heteroatoms. The van der Waals surface area contributed by atoms with Crippen molar-refractivity contribution in [3.8, 4) is 0 Å². The Morgan fingerprint density at radius 3 is 2.11 bits per heavy atom. The number of nitrogens with zero attached hydrogens (tertiary/aromatic N) is 3. The molecule has 0 spiro atoms. The number of amides is 4. The maximum Gasteiger partial charge on any atom is 0.326 e. The summed E-state index contributed by atoms with van der Waals surface area (Å²) in [6.45, 7) is 15.3. The number of unbranched alkanes of at least 4 members (excludes halogenated alkanes) is 1. The van der Waals surface area contributed by atoms with Gasteiger partial charge in [0.2, 0.25) is 23.6 Å². The van der Waals surface area contributed by atoms with Crippen molar-refractivity contribution in [2.75, 3.05) is 47.9 Å². The number of hydrogen-bond acceptors (Lipinski definition) is 9. The largest absolute Gasteiger partial charge is 0.480 e. The lowest BCUT2D eigenvalue weighted by atomic mass is 9.89. The molecule has 57 heavy (non-hydrogen) atoms. The Morgan fingerprint density at radius 1 is 0.930 bits per heavy atom. The minimum absolute atomic E-state index is 0.0102. The van der Waals surface area contributed by atoms with Crippen LogP contribution in [0.2, 0.25) is 0 Å². The van der Waals surface area contributed by atoms with E-state index in [1.807, 2.05) is 83.8 Å². The number of carbonyl (C=O) groups is 5. The summed E-state index contributed by atoms with van der Waals surface area (Å²) in [5, 5.41) is 15.7. The highest BCUT2D eigenvalue weighted by Gasteiger charge is 2.43. The van der Waals surface area contributed by atoms with Gasteiger partial charge in [-0.2, -0.15) is 0 Å². The van der Waals surface area contributed by atoms with Crippen LogP contribution in [0.25, 0.3) is 0 Å². The van der Waals surface area contributed by atoms with Crippen molar-refractivity contribution in [2.45, 2.75) is 136 Å². The molecule has 1 saturated heterocycles. The van der Waals surface area contributed by atoms with Crippen LogP contribution in [0.3, 0.4) is 0 Å². The second-order valence-electron chi connectivity index (χ2n) is 16.6. The Balaban J connectivity index is 2.27. The molecule has 0 saturated carbocycles. The van der Waals surface area contributed by atoms with E-state index in [1.54, 1.807) is 30.9 Å². The van der Waals surface area contributed by atoms with Crippen LogP contribution < -0.4 is 16.4 Å². The molecule has 0 bridgehead atoms. The fraction of sp³-hybridized carbons (Fsp3) is 0.744. The van der Waals surface area contributed by atoms with E-state index in [4.69, 9.17) is 15.2 Å². The second kappa shape index (κ2) is 24.4. The standard InChI is InChI=1S/C43H74N6O8/c1-12-29(6)38(48(9)42(53)36(27(2)3)46-41(52)37(28(4)5)47(8)23-17-16-22-44)34(56-10)26-35(50)49-24-18-21-33(49)39(57-11)30(7)40(51)45-32(43(54)55)25-31-19-14-13-15-20-31/h13-15,19-20,27-30,32-34,36-39H,12,16-18,21-26,44H2,1-11H3,(H,45,51)(H,46,52)(H,54,55). The van der Waals surface area contributed by atoms with Gasteiger partial charge >= 0.3 is 5.97 Å². The number of aliphatic carboxylic acids is 1. The van der Waals surface area contributed by atoms with E-state index in [0.717, 1.165) is 18.4 Å². The maximum atomic E-state index is 14.4. The minimum atomic E-state index is -1.14. The molecule has 1 aromatic rings. The highest BCUT2D eigenvalue weighted by molar-refractivity contribution is 5.90. The van der Waals surface area contributed by atoms with E-state index in [-0.39, 0.29) is 48.3 Å². The molecule has 1 fully saturated rings. The summed E-state index contributed by atoms with van der Waals surface area (Å²) in [5.74, 6) is -3.27. The molecule has 1 aromatic carbocycles. The second-order valence-corrected chi connectivity index (χ2v) is 16.6. The van der Waals surface area contributed by atoms with Crippen molar-refractivity contribution in [1.82, 2.24) is 25.3 Å². The lowest BCUT2D eigenvalue weighted by Gasteiger charge is -2.41. The molecule has 4 amide bonds. The minimum Gasteiger partial charge on any atom is -0.480 e. The van der Waals surface area contributed by atoms with Crippen LogP contribution in [0.1, 0.15) is 92.6 Å². The lowest BCUT2D eigenvalue weighted by molar-refractivity contribution is -0.148. The van der Waals surface area contributed by atoms with Crippen LogP contribution in [0, 0.1) is 23.7 Å². The topological polar surface area (TPSA) is 184 Å². The Kier molecular flexibility index (Phi) is 21.2. The van der Waals surface area contributed by atoms with Crippen LogP contribution in [-0.2, 0) is 39.9 Å². The van der Waals surface area contributed by atoms with E-state index in [0.29, 0.717) is 38.9 Å². The Bertz CT molecular complexity index is 1410. The number of nitrogens with two attached hydrogens (primary N) is 1. The van der Waals surface area contributed by atoms with Crippen molar-refractivity contribution >= 4 is 29.6 Å². The number of hydrogen-bond donors (Lipinski definition) is 4. The lowest BCUT2D eigenvalue weighted by Crippen LogP contribution is -2.60. The van der Waals surface area contributed by atoms with Gasteiger partial charge in [-0.1, -0.05) is 85.2 Å². The summed E-state index contributed by atoms with van der Waals surface area (Å²) in [4.78, 5) is 73.5. The molecule has 14 nitrogen and oxygen atoms in total. The summed E-state index contributed by atoms with van der Waals surface area (Å²) in [7, 11) is 6.69. The summed E-state index contributed by atoms with van der Waals surface area (Å²) in [5.41, 5.74) is 6.48. The summed E-state index contributed by atoms with van der Waals surface area (Å²) in [6.07, 6.45) is 2.51. The summed E-state index contributed by atoms with van der Waals surface area (Å²) >= 11 is 0. The maximum absolute atomic E-state index is 14.4. The Hall–Kier alpha value is -3.59. The van der Waals surface area contributed by atoms with E-state index in [9.17, 15) is 29.1 Å².